The van der Waals surface area contributed by atoms with Gasteiger partial charge < -0.3 is 19.3 Å². The molecule has 0 radical (unpaired) electrons. The van der Waals surface area contributed by atoms with Gasteiger partial charge in [-0.3, -0.25) is 0 Å². The molecule has 0 spiro atoms. The zero-order valence-electron chi connectivity index (χ0n) is 12.1. The lowest BCUT2D eigenvalue weighted by Gasteiger charge is -2.00. The van der Waals surface area contributed by atoms with E-state index in [2.05, 4.69) is 27.6 Å². The molecule has 112 valence electrons. The number of nitrogens with one attached hydrogen (secondary N) is 1. The number of fused-ring (bicyclic) bond motifs is 1. The Morgan fingerprint density at radius 3 is 3.00 bits per heavy atom. The van der Waals surface area contributed by atoms with Gasteiger partial charge in [0.15, 0.2) is 5.82 Å². The topological polar surface area (TPSA) is 69.4 Å². The van der Waals surface area contributed by atoms with Crippen molar-refractivity contribution in [2.24, 2.45) is 0 Å². The van der Waals surface area contributed by atoms with Crippen LogP contribution in [0, 0.1) is 0 Å². The second-order valence-electron chi connectivity index (χ2n) is 4.96. The van der Waals surface area contributed by atoms with E-state index in [4.69, 9.17) is 14.0 Å². The van der Waals surface area contributed by atoms with Crippen LogP contribution in [0.5, 0.6) is 0 Å². The van der Waals surface area contributed by atoms with Crippen LogP contribution in [0.25, 0.3) is 11.5 Å². The molecule has 1 N–H and O–H groups in total. The van der Waals surface area contributed by atoms with Gasteiger partial charge in [0.1, 0.15) is 0 Å². The summed E-state index contributed by atoms with van der Waals surface area (Å²) in [7, 11) is 1.65. The van der Waals surface area contributed by atoms with E-state index in [9.17, 15) is 0 Å². The Morgan fingerprint density at radius 1 is 1.19 bits per heavy atom. The third kappa shape index (κ3) is 3.47. The maximum Gasteiger partial charge on any atom is 0.257 e. The lowest BCUT2D eigenvalue weighted by Crippen LogP contribution is -2.05. The van der Waals surface area contributed by atoms with Crippen LogP contribution < -0.4 is 5.32 Å². The summed E-state index contributed by atoms with van der Waals surface area (Å²) in [5.41, 5.74) is 3.61. The molecular formula is C15H19N3O3. The highest BCUT2D eigenvalue weighted by Gasteiger charge is 2.14. The number of benzene rings is 1. The van der Waals surface area contributed by atoms with Crippen LogP contribution >= 0.6 is 0 Å². The largest absolute Gasteiger partial charge is 0.382 e. The first-order chi connectivity index (χ1) is 10.4. The summed E-state index contributed by atoms with van der Waals surface area (Å²) < 4.78 is 15.6. The summed E-state index contributed by atoms with van der Waals surface area (Å²) in [4.78, 5) is 4.41. The van der Waals surface area contributed by atoms with E-state index >= 15 is 0 Å². The van der Waals surface area contributed by atoms with Gasteiger partial charge in [-0.2, -0.15) is 4.98 Å². The SMILES string of the molecule is COCCOCCc1noc(-c2ccc3c(c2)CNC3)n1. The van der Waals surface area contributed by atoms with E-state index in [0.717, 1.165) is 18.7 Å². The van der Waals surface area contributed by atoms with Crippen molar-refractivity contribution in [3.63, 3.8) is 0 Å². The number of ether oxygens (including phenoxy) is 2. The molecule has 6 nitrogen and oxygen atoms in total. The van der Waals surface area contributed by atoms with Crippen LogP contribution in [0.1, 0.15) is 17.0 Å². The van der Waals surface area contributed by atoms with Crippen molar-refractivity contribution in [2.45, 2.75) is 19.5 Å². The minimum atomic E-state index is 0.566. The Labute approximate surface area is 123 Å². The van der Waals surface area contributed by atoms with Gasteiger partial charge in [-0.1, -0.05) is 11.2 Å². The monoisotopic (exact) mass is 289 g/mol. The maximum absolute atomic E-state index is 5.40. The fourth-order valence-corrected chi connectivity index (χ4v) is 2.31. The lowest BCUT2D eigenvalue weighted by molar-refractivity contribution is 0.0714. The highest BCUT2D eigenvalue weighted by atomic mass is 16.5. The first-order valence-corrected chi connectivity index (χ1v) is 7.09. The van der Waals surface area contributed by atoms with Crippen LogP contribution in [0.15, 0.2) is 22.7 Å². The number of nitrogens with zero attached hydrogens (tertiary/aromatic N) is 2. The van der Waals surface area contributed by atoms with E-state index in [1.165, 1.54) is 11.1 Å². The number of rotatable bonds is 7. The van der Waals surface area contributed by atoms with Crippen molar-refractivity contribution < 1.29 is 14.0 Å². The minimum Gasteiger partial charge on any atom is -0.382 e. The zero-order chi connectivity index (χ0) is 14.5. The third-order valence-electron chi connectivity index (χ3n) is 3.45. The number of hydrogen-bond donors (Lipinski definition) is 1. The van der Waals surface area contributed by atoms with Crippen molar-refractivity contribution in [2.75, 3.05) is 26.9 Å². The smallest absolute Gasteiger partial charge is 0.257 e. The van der Waals surface area contributed by atoms with Gasteiger partial charge in [0.25, 0.3) is 5.89 Å². The number of methoxy groups -OCH3 is 1. The van der Waals surface area contributed by atoms with Crippen molar-refractivity contribution >= 4 is 0 Å². The Hall–Kier alpha value is -1.76. The Morgan fingerprint density at radius 2 is 2.10 bits per heavy atom. The van der Waals surface area contributed by atoms with E-state index < -0.39 is 0 Å². The third-order valence-corrected chi connectivity index (χ3v) is 3.45. The Kier molecular flexibility index (Phi) is 4.59. The highest BCUT2D eigenvalue weighted by Crippen LogP contribution is 2.23. The molecule has 0 saturated heterocycles. The van der Waals surface area contributed by atoms with Crippen LogP contribution in [0.2, 0.25) is 0 Å². The summed E-state index contributed by atoms with van der Waals surface area (Å²) >= 11 is 0. The molecule has 3 rings (SSSR count). The van der Waals surface area contributed by atoms with Gasteiger partial charge in [0.05, 0.1) is 19.8 Å². The Balaban J connectivity index is 1.59. The van der Waals surface area contributed by atoms with Crippen molar-refractivity contribution in [1.29, 1.82) is 0 Å². The van der Waals surface area contributed by atoms with E-state index in [0.29, 0.717) is 38.0 Å². The molecule has 0 aliphatic carbocycles. The zero-order valence-corrected chi connectivity index (χ0v) is 12.1. The van der Waals surface area contributed by atoms with Gasteiger partial charge >= 0.3 is 0 Å². The molecule has 6 heteroatoms. The molecule has 2 heterocycles. The minimum absolute atomic E-state index is 0.566. The van der Waals surface area contributed by atoms with Gasteiger partial charge in [0, 0.05) is 32.2 Å². The second-order valence-corrected chi connectivity index (χ2v) is 4.96. The molecule has 0 bridgehead atoms. The van der Waals surface area contributed by atoms with E-state index in [-0.39, 0.29) is 0 Å². The molecule has 1 aliphatic heterocycles. The van der Waals surface area contributed by atoms with Gasteiger partial charge in [-0.05, 0) is 23.3 Å². The first kappa shape index (κ1) is 14.2. The fraction of sp³-hybridized carbons (Fsp3) is 0.467. The fourth-order valence-electron chi connectivity index (χ4n) is 2.31. The molecule has 2 aromatic rings. The Bertz CT molecular complexity index is 598. The van der Waals surface area contributed by atoms with Crippen molar-refractivity contribution in [3.05, 3.63) is 35.2 Å². The first-order valence-electron chi connectivity index (χ1n) is 7.09. The van der Waals surface area contributed by atoms with Gasteiger partial charge in [-0.25, -0.2) is 0 Å². The molecule has 1 aliphatic rings. The maximum atomic E-state index is 5.40. The van der Waals surface area contributed by atoms with Crippen molar-refractivity contribution in [1.82, 2.24) is 15.5 Å². The molecular weight excluding hydrogens is 270 g/mol. The quantitative estimate of drug-likeness (QED) is 0.780. The average molecular weight is 289 g/mol. The molecule has 0 unspecified atom stereocenters. The summed E-state index contributed by atoms with van der Waals surface area (Å²) in [6, 6.07) is 6.25. The van der Waals surface area contributed by atoms with Crippen LogP contribution in [-0.2, 0) is 29.0 Å². The summed E-state index contributed by atoms with van der Waals surface area (Å²) in [5, 5.41) is 7.31. The normalized spacial score (nSPS) is 13.6. The van der Waals surface area contributed by atoms with Crippen LogP contribution in [0.4, 0.5) is 0 Å². The van der Waals surface area contributed by atoms with Crippen LogP contribution in [0.3, 0.4) is 0 Å². The lowest BCUT2D eigenvalue weighted by atomic mass is 10.1. The highest BCUT2D eigenvalue weighted by molar-refractivity contribution is 5.56. The van der Waals surface area contributed by atoms with E-state index in [1.807, 2.05) is 6.07 Å². The standard InChI is InChI=1S/C15H19N3O3/c1-19-6-7-20-5-4-14-17-15(21-18-14)11-2-3-12-9-16-10-13(12)8-11/h2-3,8,16H,4-7,9-10H2,1H3. The molecule has 21 heavy (non-hydrogen) atoms. The van der Waals surface area contributed by atoms with Gasteiger partial charge in [-0.15, -0.1) is 0 Å². The summed E-state index contributed by atoms with van der Waals surface area (Å²) in [5.74, 6) is 1.23. The van der Waals surface area contributed by atoms with Gasteiger partial charge in [0.2, 0.25) is 0 Å². The second kappa shape index (κ2) is 6.80. The molecule has 0 atom stereocenters. The van der Waals surface area contributed by atoms with Crippen LogP contribution in [-0.4, -0.2) is 37.1 Å². The molecule has 1 aromatic carbocycles. The molecule has 0 fully saturated rings. The summed E-state index contributed by atoms with van der Waals surface area (Å²) in [6.45, 7) is 3.58. The predicted octanol–water partition coefficient (Wildman–Crippen LogP) is 1.55. The molecule has 0 saturated carbocycles. The van der Waals surface area contributed by atoms with E-state index in [1.54, 1.807) is 7.11 Å². The number of aromatic nitrogens is 2. The predicted molar refractivity (Wildman–Crippen MR) is 76.7 cm³/mol. The molecule has 1 aromatic heterocycles. The summed E-state index contributed by atoms with van der Waals surface area (Å²) in [6.07, 6.45) is 0.639. The average Bonchev–Trinajstić information content (AvgIpc) is 3.15. The van der Waals surface area contributed by atoms with Crippen molar-refractivity contribution in [3.8, 4) is 11.5 Å². The molecule has 0 amide bonds. The number of hydrogen-bond acceptors (Lipinski definition) is 6.